The Hall–Kier alpha value is -2.93. The first-order valence-corrected chi connectivity index (χ1v) is 10.6. The topological polar surface area (TPSA) is 63.5 Å². The van der Waals surface area contributed by atoms with E-state index in [0.29, 0.717) is 6.04 Å². The number of ether oxygens (including phenoxy) is 1. The second-order valence-corrected chi connectivity index (χ2v) is 8.20. The predicted molar refractivity (Wildman–Crippen MR) is 115 cm³/mol. The summed E-state index contributed by atoms with van der Waals surface area (Å²) in [7, 11) is 1.66. The maximum atomic E-state index is 13.0. The summed E-state index contributed by atoms with van der Waals surface area (Å²) in [6, 6.07) is 10.5. The summed E-state index contributed by atoms with van der Waals surface area (Å²) in [6.07, 6.45) is 4.23. The van der Waals surface area contributed by atoms with Crippen LogP contribution in [0.15, 0.2) is 36.5 Å². The number of methoxy groups -OCH3 is 1. The molecule has 1 unspecified atom stereocenters. The number of nitrogens with zero attached hydrogens (tertiary/aromatic N) is 5. The van der Waals surface area contributed by atoms with Crippen molar-refractivity contribution in [2.75, 3.05) is 33.3 Å². The Morgan fingerprint density at radius 3 is 2.80 bits per heavy atom. The average molecular weight is 406 g/mol. The van der Waals surface area contributed by atoms with Crippen molar-refractivity contribution in [3.05, 3.63) is 42.2 Å². The number of hydrogen-bond acceptors (Lipinski definition) is 5. The molecule has 30 heavy (non-hydrogen) atoms. The minimum atomic E-state index is 0.127. The average Bonchev–Trinajstić information content (AvgIpc) is 3.37. The smallest absolute Gasteiger partial charge is 0.244 e. The molecular formula is C23H27N5O2. The van der Waals surface area contributed by atoms with Gasteiger partial charge in [-0.15, -0.1) is 0 Å². The van der Waals surface area contributed by atoms with Gasteiger partial charge in [-0.2, -0.15) is 5.10 Å². The van der Waals surface area contributed by atoms with Gasteiger partial charge in [0.05, 0.1) is 12.8 Å². The molecular weight excluding hydrogens is 378 g/mol. The van der Waals surface area contributed by atoms with Crippen LogP contribution in [0.3, 0.4) is 0 Å². The van der Waals surface area contributed by atoms with Crippen molar-refractivity contribution in [3.8, 4) is 16.9 Å². The molecule has 1 amide bonds. The second-order valence-electron chi connectivity index (χ2n) is 8.20. The Morgan fingerprint density at radius 1 is 1.17 bits per heavy atom. The van der Waals surface area contributed by atoms with E-state index < -0.39 is 0 Å². The molecule has 5 rings (SSSR count). The summed E-state index contributed by atoms with van der Waals surface area (Å²) in [5.74, 6) is 0.951. The monoisotopic (exact) mass is 405 g/mol. The van der Waals surface area contributed by atoms with Crippen LogP contribution in [-0.4, -0.2) is 69.8 Å². The van der Waals surface area contributed by atoms with Gasteiger partial charge in [-0.05, 0) is 55.6 Å². The van der Waals surface area contributed by atoms with Crippen molar-refractivity contribution < 1.29 is 9.53 Å². The molecule has 2 aliphatic heterocycles. The number of carbonyl (C=O) groups excluding carboxylic acids is 1. The number of aromatic nitrogens is 3. The van der Waals surface area contributed by atoms with Crippen LogP contribution in [0.25, 0.3) is 22.2 Å². The van der Waals surface area contributed by atoms with E-state index in [1.807, 2.05) is 42.2 Å². The van der Waals surface area contributed by atoms with Crippen LogP contribution in [0.1, 0.15) is 18.5 Å². The zero-order valence-corrected chi connectivity index (χ0v) is 17.5. The number of piperazine rings is 1. The van der Waals surface area contributed by atoms with Crippen molar-refractivity contribution >= 4 is 16.9 Å². The number of carbonyl (C=O) groups is 1. The molecule has 1 atom stereocenters. The summed E-state index contributed by atoms with van der Waals surface area (Å²) in [4.78, 5) is 22.1. The standard InChI is InChI=1S/C23H27N5O2/c1-16-22-20(17-5-7-19(30-2)8-6-17)9-10-24-23(22)28(25-16)15-21(29)27-13-12-26-11-3-4-18(26)14-27/h5-10,18H,3-4,11-15H2,1-2H3. The second kappa shape index (κ2) is 7.72. The molecule has 4 heterocycles. The highest BCUT2D eigenvalue weighted by Crippen LogP contribution is 2.31. The quantitative estimate of drug-likeness (QED) is 0.668. The maximum Gasteiger partial charge on any atom is 0.244 e. The molecule has 0 saturated carbocycles. The van der Waals surface area contributed by atoms with E-state index in [1.54, 1.807) is 18.0 Å². The van der Waals surface area contributed by atoms with Gasteiger partial charge in [0, 0.05) is 37.3 Å². The van der Waals surface area contributed by atoms with Crippen LogP contribution in [0.4, 0.5) is 0 Å². The SMILES string of the molecule is COc1ccc(-c2ccnc3c2c(C)nn3CC(=O)N2CCN3CCCC3C2)cc1. The van der Waals surface area contributed by atoms with Crippen LogP contribution in [0.2, 0.25) is 0 Å². The van der Waals surface area contributed by atoms with Crippen molar-refractivity contribution in [1.29, 1.82) is 0 Å². The van der Waals surface area contributed by atoms with Gasteiger partial charge in [-0.1, -0.05) is 12.1 Å². The summed E-state index contributed by atoms with van der Waals surface area (Å²) < 4.78 is 7.04. The largest absolute Gasteiger partial charge is 0.497 e. The highest BCUT2D eigenvalue weighted by atomic mass is 16.5. The zero-order valence-electron chi connectivity index (χ0n) is 17.5. The van der Waals surface area contributed by atoms with Gasteiger partial charge >= 0.3 is 0 Å². The fourth-order valence-electron chi connectivity index (χ4n) is 4.85. The normalized spacial score (nSPS) is 19.3. The van der Waals surface area contributed by atoms with E-state index in [-0.39, 0.29) is 12.5 Å². The Bertz CT molecular complexity index is 1080. The molecule has 7 nitrogen and oxygen atoms in total. The molecule has 0 N–H and O–H groups in total. The fraction of sp³-hybridized carbons (Fsp3) is 0.435. The lowest BCUT2D eigenvalue weighted by atomic mass is 10.0. The number of aryl methyl sites for hydroxylation is 1. The highest BCUT2D eigenvalue weighted by molar-refractivity contribution is 5.95. The fourth-order valence-corrected chi connectivity index (χ4v) is 4.85. The lowest BCUT2D eigenvalue weighted by molar-refractivity contribution is -0.134. The van der Waals surface area contributed by atoms with Crippen molar-refractivity contribution in [1.82, 2.24) is 24.6 Å². The van der Waals surface area contributed by atoms with E-state index in [9.17, 15) is 4.79 Å². The predicted octanol–water partition coefficient (Wildman–Crippen LogP) is 2.72. The highest BCUT2D eigenvalue weighted by Gasteiger charge is 2.32. The van der Waals surface area contributed by atoms with Gasteiger partial charge < -0.3 is 9.64 Å². The molecule has 2 fully saturated rings. The molecule has 2 aliphatic rings. The van der Waals surface area contributed by atoms with E-state index in [4.69, 9.17) is 4.74 Å². The third-order valence-corrected chi connectivity index (χ3v) is 6.43. The number of amides is 1. The molecule has 0 bridgehead atoms. The Labute approximate surface area is 176 Å². The summed E-state index contributed by atoms with van der Waals surface area (Å²) >= 11 is 0. The molecule has 1 aromatic carbocycles. The number of benzene rings is 1. The molecule has 2 aromatic heterocycles. The van der Waals surface area contributed by atoms with Crippen molar-refractivity contribution in [2.24, 2.45) is 0 Å². The van der Waals surface area contributed by atoms with Crippen molar-refractivity contribution in [2.45, 2.75) is 32.4 Å². The first-order chi connectivity index (χ1) is 14.6. The van der Waals surface area contributed by atoms with Gasteiger partial charge in [-0.3, -0.25) is 9.69 Å². The van der Waals surface area contributed by atoms with Crippen LogP contribution in [0.5, 0.6) is 5.75 Å². The summed E-state index contributed by atoms with van der Waals surface area (Å²) in [5.41, 5.74) is 3.79. The molecule has 0 radical (unpaired) electrons. The first-order valence-electron chi connectivity index (χ1n) is 10.6. The van der Waals surface area contributed by atoms with E-state index in [2.05, 4.69) is 15.0 Å². The molecule has 7 heteroatoms. The first kappa shape index (κ1) is 19.1. The van der Waals surface area contributed by atoms with Gasteiger partial charge in [0.15, 0.2) is 5.65 Å². The van der Waals surface area contributed by atoms with Crippen molar-refractivity contribution in [3.63, 3.8) is 0 Å². The van der Waals surface area contributed by atoms with Crippen LogP contribution < -0.4 is 4.74 Å². The van der Waals surface area contributed by atoms with E-state index in [0.717, 1.165) is 53.2 Å². The third kappa shape index (κ3) is 3.33. The van der Waals surface area contributed by atoms with Crippen LogP contribution in [0, 0.1) is 6.92 Å². The summed E-state index contributed by atoms with van der Waals surface area (Å²) in [6.45, 7) is 6.01. The molecule has 0 aliphatic carbocycles. The Morgan fingerprint density at radius 2 is 2.00 bits per heavy atom. The number of rotatable bonds is 4. The number of pyridine rings is 1. The van der Waals surface area contributed by atoms with Gasteiger partial charge in [-0.25, -0.2) is 9.67 Å². The minimum absolute atomic E-state index is 0.127. The van der Waals surface area contributed by atoms with Crippen LogP contribution >= 0.6 is 0 Å². The minimum Gasteiger partial charge on any atom is -0.497 e. The molecule has 156 valence electrons. The molecule has 2 saturated heterocycles. The molecule has 3 aromatic rings. The summed E-state index contributed by atoms with van der Waals surface area (Å²) in [5, 5.41) is 5.68. The maximum absolute atomic E-state index is 13.0. The lowest BCUT2D eigenvalue weighted by Crippen LogP contribution is -2.52. The Kier molecular flexibility index (Phi) is 4.90. The van der Waals surface area contributed by atoms with Gasteiger partial charge in [0.2, 0.25) is 5.91 Å². The lowest BCUT2D eigenvalue weighted by Gasteiger charge is -2.37. The van der Waals surface area contributed by atoms with Crippen LogP contribution in [-0.2, 0) is 11.3 Å². The zero-order chi connectivity index (χ0) is 20.7. The van der Waals surface area contributed by atoms with Gasteiger partial charge in [0.25, 0.3) is 0 Å². The number of hydrogen-bond donors (Lipinski definition) is 0. The molecule has 0 spiro atoms. The van der Waals surface area contributed by atoms with E-state index in [1.165, 1.54) is 19.4 Å². The van der Waals surface area contributed by atoms with E-state index >= 15 is 0 Å². The number of fused-ring (bicyclic) bond motifs is 2. The third-order valence-electron chi connectivity index (χ3n) is 6.43. The van der Waals surface area contributed by atoms with Gasteiger partial charge in [0.1, 0.15) is 12.3 Å². The Balaban J connectivity index is 1.42.